The molecular weight excluding hydrogens is 260 g/mol. The van der Waals surface area contributed by atoms with Crippen molar-refractivity contribution in [2.75, 3.05) is 11.9 Å². The van der Waals surface area contributed by atoms with Crippen LogP contribution in [0.25, 0.3) is 0 Å². The number of anilines is 1. The molecule has 1 aromatic rings. The predicted molar refractivity (Wildman–Crippen MR) is 76.3 cm³/mol. The Morgan fingerprint density at radius 2 is 2.05 bits per heavy atom. The van der Waals surface area contributed by atoms with Crippen LogP contribution < -0.4 is 10.0 Å². The van der Waals surface area contributed by atoms with Crippen LogP contribution in [0.5, 0.6) is 0 Å². The summed E-state index contributed by atoms with van der Waals surface area (Å²) in [5.41, 5.74) is 0.632. The van der Waals surface area contributed by atoms with Gasteiger partial charge in [0.05, 0.1) is 5.69 Å². The maximum Gasteiger partial charge on any atom is 0.242 e. The van der Waals surface area contributed by atoms with E-state index >= 15 is 0 Å². The van der Waals surface area contributed by atoms with Gasteiger partial charge in [0.25, 0.3) is 0 Å². The van der Waals surface area contributed by atoms with E-state index in [9.17, 15) is 8.42 Å². The number of benzene rings is 1. The molecule has 0 spiro atoms. The first-order chi connectivity index (χ1) is 9.13. The van der Waals surface area contributed by atoms with Gasteiger partial charge in [-0.3, -0.25) is 0 Å². The Bertz CT molecular complexity index is 571. The highest BCUT2D eigenvalue weighted by Gasteiger charge is 2.29. The van der Waals surface area contributed by atoms with E-state index in [1.165, 1.54) is 0 Å². The minimum Gasteiger partial charge on any atom is -0.384 e. The molecule has 0 aromatic heterocycles. The average molecular weight is 278 g/mol. The number of hydrogen-bond donors (Lipinski definition) is 2. The zero-order valence-corrected chi connectivity index (χ0v) is 11.5. The molecule has 5 heteroatoms. The van der Waals surface area contributed by atoms with E-state index < -0.39 is 10.0 Å². The smallest absolute Gasteiger partial charge is 0.242 e. The van der Waals surface area contributed by atoms with Gasteiger partial charge in [-0.2, -0.15) is 0 Å². The van der Waals surface area contributed by atoms with Crippen molar-refractivity contribution >= 4 is 15.7 Å². The average Bonchev–Trinajstić information content (AvgIpc) is 3.18. The fourth-order valence-electron chi connectivity index (χ4n) is 1.74. The summed E-state index contributed by atoms with van der Waals surface area (Å²) in [7, 11) is -3.42. The summed E-state index contributed by atoms with van der Waals surface area (Å²) in [6, 6.07) is 7.05. The third kappa shape index (κ3) is 3.98. The third-order valence-electron chi connectivity index (χ3n) is 2.89. The van der Waals surface area contributed by atoms with E-state index in [2.05, 4.69) is 16.0 Å². The normalized spacial score (nSPS) is 14.9. The highest BCUT2D eigenvalue weighted by atomic mass is 32.2. The first kappa shape index (κ1) is 13.9. The number of terminal acetylenes is 1. The van der Waals surface area contributed by atoms with Gasteiger partial charge >= 0.3 is 0 Å². The molecular formula is C14H18N2O2S. The molecule has 0 aliphatic heterocycles. The summed E-state index contributed by atoms with van der Waals surface area (Å²) in [5.74, 6) is 2.56. The molecule has 1 aliphatic rings. The monoisotopic (exact) mass is 278 g/mol. The molecule has 1 saturated carbocycles. The predicted octanol–water partition coefficient (Wildman–Crippen LogP) is 1.95. The number of hydrogen-bond acceptors (Lipinski definition) is 3. The lowest BCUT2D eigenvalue weighted by Crippen LogP contribution is -2.26. The van der Waals surface area contributed by atoms with Crippen molar-refractivity contribution in [2.24, 2.45) is 0 Å². The van der Waals surface area contributed by atoms with Gasteiger partial charge < -0.3 is 5.32 Å². The number of nitrogens with one attached hydrogen (secondary N) is 2. The lowest BCUT2D eigenvalue weighted by Gasteiger charge is -2.12. The Hall–Kier alpha value is -1.51. The van der Waals surface area contributed by atoms with Crippen molar-refractivity contribution < 1.29 is 8.42 Å². The van der Waals surface area contributed by atoms with E-state index in [-0.39, 0.29) is 6.04 Å². The second kappa shape index (κ2) is 6.09. The SMILES string of the molecule is C#CCCCNc1ccccc1S(=O)(=O)NC1CC1. The van der Waals surface area contributed by atoms with Gasteiger partial charge in [0.1, 0.15) is 4.90 Å². The topological polar surface area (TPSA) is 58.2 Å². The van der Waals surface area contributed by atoms with Crippen molar-refractivity contribution in [3.8, 4) is 12.3 Å². The second-order valence-electron chi connectivity index (χ2n) is 4.63. The number of para-hydroxylation sites is 1. The van der Waals surface area contributed by atoms with Crippen LogP contribution in [0.4, 0.5) is 5.69 Å². The molecule has 0 amide bonds. The van der Waals surface area contributed by atoms with Crippen molar-refractivity contribution in [3.63, 3.8) is 0 Å². The third-order valence-corrected chi connectivity index (χ3v) is 4.47. The zero-order valence-electron chi connectivity index (χ0n) is 10.7. The van der Waals surface area contributed by atoms with E-state index in [0.29, 0.717) is 23.5 Å². The van der Waals surface area contributed by atoms with Crippen molar-refractivity contribution in [3.05, 3.63) is 24.3 Å². The van der Waals surface area contributed by atoms with Crippen LogP contribution >= 0.6 is 0 Å². The molecule has 1 aliphatic carbocycles. The largest absolute Gasteiger partial charge is 0.384 e. The van der Waals surface area contributed by atoms with E-state index in [1.54, 1.807) is 18.2 Å². The lowest BCUT2D eigenvalue weighted by atomic mass is 10.3. The summed E-state index contributed by atoms with van der Waals surface area (Å²) in [4.78, 5) is 0.308. The molecule has 1 fully saturated rings. The van der Waals surface area contributed by atoms with Gasteiger partial charge in [-0.15, -0.1) is 12.3 Å². The fourth-order valence-corrected chi connectivity index (χ4v) is 3.23. The van der Waals surface area contributed by atoms with Crippen LogP contribution in [-0.4, -0.2) is 21.0 Å². The highest BCUT2D eigenvalue weighted by Crippen LogP contribution is 2.25. The molecule has 0 bridgehead atoms. The Morgan fingerprint density at radius 1 is 1.32 bits per heavy atom. The van der Waals surface area contributed by atoms with Gasteiger partial charge in [0.2, 0.25) is 10.0 Å². The number of unbranched alkanes of at least 4 members (excludes halogenated alkanes) is 1. The molecule has 1 aromatic carbocycles. The summed E-state index contributed by atoms with van der Waals surface area (Å²) in [6.07, 6.45) is 8.54. The summed E-state index contributed by atoms with van der Waals surface area (Å²) in [5, 5.41) is 3.13. The molecule has 0 saturated heterocycles. The standard InChI is InChI=1S/C14H18N2O2S/c1-2-3-6-11-15-13-7-4-5-8-14(13)19(17,18)16-12-9-10-12/h1,4-5,7-8,12,15-16H,3,6,9-11H2. The Kier molecular flexibility index (Phi) is 4.46. The molecule has 0 atom stereocenters. The van der Waals surface area contributed by atoms with Crippen molar-refractivity contribution in [1.29, 1.82) is 0 Å². The fraction of sp³-hybridized carbons (Fsp3) is 0.429. The van der Waals surface area contributed by atoms with E-state index in [1.807, 2.05) is 6.07 Å². The van der Waals surface area contributed by atoms with Gasteiger partial charge in [0.15, 0.2) is 0 Å². The number of sulfonamides is 1. The quantitative estimate of drug-likeness (QED) is 0.592. The molecule has 4 nitrogen and oxygen atoms in total. The van der Waals surface area contributed by atoms with E-state index in [0.717, 1.165) is 19.3 Å². The van der Waals surface area contributed by atoms with Gasteiger partial charge in [-0.25, -0.2) is 13.1 Å². The van der Waals surface area contributed by atoms with Crippen LogP contribution in [0.2, 0.25) is 0 Å². The molecule has 0 radical (unpaired) electrons. The minimum atomic E-state index is -3.42. The van der Waals surface area contributed by atoms with Gasteiger partial charge in [-0.05, 0) is 31.4 Å². The van der Waals surface area contributed by atoms with Crippen LogP contribution in [0.3, 0.4) is 0 Å². The van der Waals surface area contributed by atoms with Crippen LogP contribution in [0.1, 0.15) is 25.7 Å². The molecule has 102 valence electrons. The van der Waals surface area contributed by atoms with Crippen LogP contribution in [0.15, 0.2) is 29.2 Å². The molecule has 2 rings (SSSR count). The first-order valence-corrected chi connectivity index (χ1v) is 7.90. The Labute approximate surface area is 114 Å². The van der Waals surface area contributed by atoms with E-state index in [4.69, 9.17) is 6.42 Å². The molecule has 2 N–H and O–H groups in total. The Morgan fingerprint density at radius 3 is 2.74 bits per heavy atom. The maximum atomic E-state index is 12.2. The maximum absolute atomic E-state index is 12.2. The zero-order chi connectivity index (χ0) is 13.7. The summed E-state index contributed by atoms with van der Waals surface area (Å²) >= 11 is 0. The lowest BCUT2D eigenvalue weighted by molar-refractivity contribution is 0.581. The summed E-state index contributed by atoms with van der Waals surface area (Å²) in [6.45, 7) is 0.667. The molecule has 19 heavy (non-hydrogen) atoms. The second-order valence-corrected chi connectivity index (χ2v) is 6.31. The van der Waals surface area contributed by atoms with Crippen LogP contribution in [-0.2, 0) is 10.0 Å². The highest BCUT2D eigenvalue weighted by molar-refractivity contribution is 7.89. The van der Waals surface area contributed by atoms with Crippen LogP contribution in [0, 0.1) is 12.3 Å². The first-order valence-electron chi connectivity index (χ1n) is 6.42. The van der Waals surface area contributed by atoms with Gasteiger partial charge in [0, 0.05) is 19.0 Å². The molecule has 0 heterocycles. The summed E-state index contributed by atoms with van der Waals surface area (Å²) < 4.78 is 27.1. The minimum absolute atomic E-state index is 0.111. The number of rotatable bonds is 7. The van der Waals surface area contributed by atoms with Gasteiger partial charge in [-0.1, -0.05) is 12.1 Å². The molecule has 0 unspecified atom stereocenters. The van der Waals surface area contributed by atoms with Crippen molar-refractivity contribution in [1.82, 2.24) is 4.72 Å². The van der Waals surface area contributed by atoms with Crippen molar-refractivity contribution in [2.45, 2.75) is 36.6 Å². The Balaban J connectivity index is 2.09.